The minimum atomic E-state index is -0.536. The van der Waals surface area contributed by atoms with Gasteiger partial charge >= 0.3 is 0 Å². The van der Waals surface area contributed by atoms with Gasteiger partial charge < -0.3 is 10.0 Å². The van der Waals surface area contributed by atoms with Crippen LogP contribution in [0.4, 0.5) is 0 Å². The van der Waals surface area contributed by atoms with E-state index in [-0.39, 0.29) is 11.9 Å². The summed E-state index contributed by atoms with van der Waals surface area (Å²) >= 11 is 0. The van der Waals surface area contributed by atoms with Crippen LogP contribution in [0.5, 0.6) is 0 Å². The third kappa shape index (κ3) is 2.44. The molecule has 0 atom stereocenters. The number of carbonyl (C=O) groups is 1. The highest BCUT2D eigenvalue weighted by Gasteiger charge is 2.41. The average Bonchev–Trinajstić information content (AvgIpc) is 1.99. The molecule has 76 valence electrons. The van der Waals surface area contributed by atoms with Crippen LogP contribution >= 0.6 is 0 Å². The molecular formula is C10H19NO2. The van der Waals surface area contributed by atoms with E-state index in [0.29, 0.717) is 6.42 Å². The van der Waals surface area contributed by atoms with E-state index in [1.807, 2.05) is 20.9 Å². The topological polar surface area (TPSA) is 40.5 Å². The Kier molecular flexibility index (Phi) is 2.96. The zero-order chi connectivity index (χ0) is 10.1. The fourth-order valence-corrected chi connectivity index (χ4v) is 1.82. The fourth-order valence-electron chi connectivity index (χ4n) is 1.82. The van der Waals surface area contributed by atoms with E-state index in [0.717, 1.165) is 19.3 Å². The van der Waals surface area contributed by atoms with Crippen molar-refractivity contribution in [1.29, 1.82) is 0 Å². The first-order valence-corrected chi connectivity index (χ1v) is 4.94. The van der Waals surface area contributed by atoms with Crippen molar-refractivity contribution in [1.82, 2.24) is 4.90 Å². The molecule has 0 unspecified atom stereocenters. The Balaban J connectivity index is 2.34. The number of amides is 1. The molecule has 0 spiro atoms. The van der Waals surface area contributed by atoms with Crippen LogP contribution in [0, 0.1) is 0 Å². The first-order valence-electron chi connectivity index (χ1n) is 4.94. The molecule has 0 bridgehead atoms. The zero-order valence-corrected chi connectivity index (χ0v) is 8.71. The van der Waals surface area contributed by atoms with E-state index in [9.17, 15) is 9.90 Å². The molecule has 1 fully saturated rings. The lowest BCUT2D eigenvalue weighted by Crippen LogP contribution is -2.53. The van der Waals surface area contributed by atoms with Crippen molar-refractivity contribution < 1.29 is 9.90 Å². The highest BCUT2D eigenvalue weighted by atomic mass is 16.3. The van der Waals surface area contributed by atoms with E-state index < -0.39 is 5.60 Å². The molecule has 1 aliphatic carbocycles. The SMILES string of the molecule is CCCC(=O)N(C)C1CC(C)(O)C1. The molecule has 0 radical (unpaired) electrons. The molecule has 1 N–H and O–H groups in total. The Bertz CT molecular complexity index is 193. The maximum absolute atomic E-state index is 11.4. The third-order valence-electron chi connectivity index (χ3n) is 2.76. The predicted octanol–water partition coefficient (Wildman–Crippen LogP) is 1.16. The number of nitrogens with zero attached hydrogens (tertiary/aromatic N) is 1. The summed E-state index contributed by atoms with van der Waals surface area (Å²) in [4.78, 5) is 13.2. The van der Waals surface area contributed by atoms with E-state index in [1.165, 1.54) is 0 Å². The second-order valence-electron chi connectivity index (χ2n) is 4.31. The molecule has 3 nitrogen and oxygen atoms in total. The highest BCUT2D eigenvalue weighted by molar-refractivity contribution is 5.76. The van der Waals surface area contributed by atoms with E-state index in [2.05, 4.69) is 0 Å². The molecule has 0 aromatic heterocycles. The molecule has 13 heavy (non-hydrogen) atoms. The van der Waals surface area contributed by atoms with Crippen molar-refractivity contribution in [3.63, 3.8) is 0 Å². The van der Waals surface area contributed by atoms with Crippen LogP contribution in [0.25, 0.3) is 0 Å². The van der Waals surface area contributed by atoms with E-state index >= 15 is 0 Å². The summed E-state index contributed by atoms with van der Waals surface area (Å²) < 4.78 is 0. The monoisotopic (exact) mass is 185 g/mol. The van der Waals surface area contributed by atoms with Gasteiger partial charge in [-0.2, -0.15) is 0 Å². The summed E-state index contributed by atoms with van der Waals surface area (Å²) in [6, 6.07) is 0.258. The molecular weight excluding hydrogens is 166 g/mol. The van der Waals surface area contributed by atoms with E-state index in [1.54, 1.807) is 4.90 Å². The largest absolute Gasteiger partial charge is 0.390 e. The van der Waals surface area contributed by atoms with Gasteiger partial charge in [-0.3, -0.25) is 4.79 Å². The first-order chi connectivity index (χ1) is 5.96. The Morgan fingerprint density at radius 2 is 2.15 bits per heavy atom. The molecule has 0 aromatic carbocycles. The average molecular weight is 185 g/mol. The van der Waals surface area contributed by atoms with Crippen LogP contribution in [-0.4, -0.2) is 34.6 Å². The molecule has 1 aliphatic rings. The number of carbonyl (C=O) groups excluding carboxylic acids is 1. The van der Waals surface area contributed by atoms with Gasteiger partial charge in [-0.1, -0.05) is 6.92 Å². The minimum absolute atomic E-state index is 0.197. The van der Waals surface area contributed by atoms with Gasteiger partial charge in [-0.15, -0.1) is 0 Å². The van der Waals surface area contributed by atoms with Crippen molar-refractivity contribution >= 4 is 5.91 Å². The molecule has 0 heterocycles. The fraction of sp³-hybridized carbons (Fsp3) is 0.900. The van der Waals surface area contributed by atoms with Crippen LogP contribution in [0.3, 0.4) is 0 Å². The highest BCUT2D eigenvalue weighted by Crippen LogP contribution is 2.34. The van der Waals surface area contributed by atoms with Gasteiger partial charge in [0.05, 0.1) is 5.60 Å². The van der Waals surface area contributed by atoms with Crippen LogP contribution in [0.2, 0.25) is 0 Å². The maximum Gasteiger partial charge on any atom is 0.222 e. The first kappa shape index (κ1) is 10.5. The maximum atomic E-state index is 11.4. The van der Waals surface area contributed by atoms with Crippen molar-refractivity contribution in [2.24, 2.45) is 0 Å². The number of rotatable bonds is 3. The smallest absolute Gasteiger partial charge is 0.222 e. The Labute approximate surface area is 79.7 Å². The lowest BCUT2D eigenvalue weighted by atomic mass is 9.76. The summed E-state index contributed by atoms with van der Waals surface area (Å²) in [6.45, 7) is 3.82. The number of hydrogen-bond acceptors (Lipinski definition) is 2. The van der Waals surface area contributed by atoms with Crippen molar-refractivity contribution in [2.75, 3.05) is 7.05 Å². The van der Waals surface area contributed by atoms with Crippen LogP contribution < -0.4 is 0 Å². The van der Waals surface area contributed by atoms with Crippen molar-refractivity contribution in [3.8, 4) is 0 Å². The molecule has 1 saturated carbocycles. The summed E-state index contributed by atoms with van der Waals surface area (Å²) in [6.07, 6.45) is 2.96. The molecule has 0 aromatic rings. The van der Waals surface area contributed by atoms with Crippen LogP contribution in [-0.2, 0) is 4.79 Å². The standard InChI is InChI=1S/C10H19NO2/c1-4-5-9(12)11(3)8-6-10(2,13)7-8/h8,13H,4-7H2,1-3H3. The van der Waals surface area contributed by atoms with E-state index in [4.69, 9.17) is 0 Å². The summed E-state index contributed by atoms with van der Waals surface area (Å²) in [5.41, 5.74) is -0.536. The van der Waals surface area contributed by atoms with Gasteiger partial charge in [0.2, 0.25) is 5.91 Å². The number of hydrogen-bond donors (Lipinski definition) is 1. The van der Waals surface area contributed by atoms with Gasteiger partial charge in [0.1, 0.15) is 0 Å². The van der Waals surface area contributed by atoms with Crippen molar-refractivity contribution in [3.05, 3.63) is 0 Å². The van der Waals surface area contributed by atoms with Gasteiger partial charge in [-0.05, 0) is 26.2 Å². The summed E-state index contributed by atoms with van der Waals surface area (Å²) in [7, 11) is 1.83. The molecule has 1 rings (SSSR count). The quantitative estimate of drug-likeness (QED) is 0.716. The molecule has 0 aliphatic heterocycles. The van der Waals surface area contributed by atoms with Gasteiger partial charge in [-0.25, -0.2) is 0 Å². The molecule has 1 amide bonds. The summed E-state index contributed by atoms with van der Waals surface area (Å²) in [5, 5.41) is 9.51. The normalized spacial score (nSPS) is 32.5. The Hall–Kier alpha value is -0.570. The van der Waals surface area contributed by atoms with Gasteiger partial charge in [0.15, 0.2) is 0 Å². The molecule has 0 saturated heterocycles. The van der Waals surface area contributed by atoms with Gasteiger partial charge in [0, 0.05) is 19.5 Å². The van der Waals surface area contributed by atoms with Crippen LogP contribution in [0.1, 0.15) is 39.5 Å². The van der Waals surface area contributed by atoms with Crippen LogP contribution in [0.15, 0.2) is 0 Å². The summed E-state index contributed by atoms with van der Waals surface area (Å²) in [5.74, 6) is 0.197. The van der Waals surface area contributed by atoms with Gasteiger partial charge in [0.25, 0.3) is 0 Å². The zero-order valence-electron chi connectivity index (χ0n) is 8.71. The minimum Gasteiger partial charge on any atom is -0.390 e. The Morgan fingerprint density at radius 3 is 2.54 bits per heavy atom. The molecule has 3 heteroatoms. The lowest BCUT2D eigenvalue weighted by Gasteiger charge is -2.45. The third-order valence-corrected chi connectivity index (χ3v) is 2.76. The number of aliphatic hydroxyl groups is 1. The second-order valence-corrected chi connectivity index (χ2v) is 4.31. The Morgan fingerprint density at radius 1 is 1.62 bits per heavy atom. The lowest BCUT2D eigenvalue weighted by molar-refractivity contribution is -0.140. The predicted molar refractivity (Wildman–Crippen MR) is 51.3 cm³/mol. The second kappa shape index (κ2) is 3.66. The van der Waals surface area contributed by atoms with Crippen molar-refractivity contribution in [2.45, 2.75) is 51.2 Å².